The van der Waals surface area contributed by atoms with Crippen LogP contribution < -0.4 is 10.6 Å². The molecule has 6 nitrogen and oxygen atoms in total. The van der Waals surface area contributed by atoms with Crippen LogP contribution in [-0.2, 0) is 4.79 Å². The molecule has 7 heteroatoms. The number of carbonyl (C=O) groups is 2. The number of imide groups is 1. The highest BCUT2D eigenvalue weighted by molar-refractivity contribution is 7.99. The van der Waals surface area contributed by atoms with Crippen LogP contribution in [0.3, 0.4) is 0 Å². The van der Waals surface area contributed by atoms with Crippen LogP contribution in [0.25, 0.3) is 0 Å². The lowest BCUT2D eigenvalue weighted by Gasteiger charge is -2.11. The Bertz CT molecular complexity index is 399. The summed E-state index contributed by atoms with van der Waals surface area (Å²) in [5.41, 5.74) is 0. The molecular formula is C11H16N4O2S. The zero-order valence-electron chi connectivity index (χ0n) is 10.3. The Balaban J connectivity index is 2.27. The van der Waals surface area contributed by atoms with Gasteiger partial charge in [0.05, 0.1) is 5.75 Å². The summed E-state index contributed by atoms with van der Waals surface area (Å²) < 4.78 is 0. The molecule has 0 aliphatic rings. The van der Waals surface area contributed by atoms with Gasteiger partial charge < -0.3 is 5.32 Å². The zero-order chi connectivity index (χ0) is 13.4. The highest BCUT2D eigenvalue weighted by Gasteiger charge is 2.10. The largest absolute Gasteiger partial charge is 0.335 e. The van der Waals surface area contributed by atoms with Crippen molar-refractivity contribution in [1.29, 1.82) is 0 Å². The fraction of sp³-hybridized carbons (Fsp3) is 0.455. The average molecular weight is 268 g/mol. The van der Waals surface area contributed by atoms with Crippen LogP contribution in [0.15, 0.2) is 23.6 Å². The topological polar surface area (TPSA) is 84.0 Å². The van der Waals surface area contributed by atoms with Gasteiger partial charge in [0.15, 0.2) is 5.16 Å². The third-order valence-corrected chi connectivity index (χ3v) is 2.99. The van der Waals surface area contributed by atoms with E-state index in [1.807, 2.05) is 13.8 Å². The minimum absolute atomic E-state index is 0.0444. The van der Waals surface area contributed by atoms with Crippen molar-refractivity contribution >= 4 is 23.7 Å². The maximum absolute atomic E-state index is 11.4. The number of nitrogens with zero attached hydrogens (tertiary/aromatic N) is 2. The molecular weight excluding hydrogens is 252 g/mol. The average Bonchev–Trinajstić information content (AvgIpc) is 2.37. The summed E-state index contributed by atoms with van der Waals surface area (Å²) in [6.45, 7) is 3.83. The summed E-state index contributed by atoms with van der Waals surface area (Å²) >= 11 is 1.18. The normalized spacial score (nSPS) is 11.7. The summed E-state index contributed by atoms with van der Waals surface area (Å²) in [5, 5.41) is 5.41. The number of hydrogen-bond acceptors (Lipinski definition) is 5. The Morgan fingerprint density at radius 1 is 1.39 bits per heavy atom. The molecule has 0 unspecified atom stereocenters. The number of hydrogen-bond donors (Lipinski definition) is 2. The molecule has 2 N–H and O–H groups in total. The van der Waals surface area contributed by atoms with Crippen molar-refractivity contribution in [1.82, 2.24) is 20.6 Å². The zero-order valence-corrected chi connectivity index (χ0v) is 11.2. The lowest BCUT2D eigenvalue weighted by Crippen LogP contribution is -2.43. The molecule has 0 bridgehead atoms. The number of rotatable bonds is 5. The van der Waals surface area contributed by atoms with Crippen molar-refractivity contribution in [2.45, 2.75) is 31.5 Å². The van der Waals surface area contributed by atoms with Crippen LogP contribution >= 0.6 is 11.8 Å². The first-order valence-electron chi connectivity index (χ1n) is 5.62. The van der Waals surface area contributed by atoms with Gasteiger partial charge in [0.2, 0.25) is 5.91 Å². The summed E-state index contributed by atoms with van der Waals surface area (Å²) in [6.07, 6.45) is 4.01. The number of nitrogens with one attached hydrogen (secondary N) is 2. The van der Waals surface area contributed by atoms with Crippen molar-refractivity contribution in [3.8, 4) is 0 Å². The van der Waals surface area contributed by atoms with E-state index in [9.17, 15) is 9.59 Å². The van der Waals surface area contributed by atoms with E-state index in [1.165, 1.54) is 11.8 Å². The number of thioether (sulfide) groups is 1. The smallest absolute Gasteiger partial charge is 0.321 e. The highest BCUT2D eigenvalue weighted by atomic mass is 32.2. The molecule has 1 heterocycles. The molecule has 0 saturated heterocycles. The van der Waals surface area contributed by atoms with E-state index in [0.717, 1.165) is 6.42 Å². The molecule has 0 aromatic carbocycles. The first-order valence-corrected chi connectivity index (χ1v) is 6.60. The molecule has 0 fully saturated rings. The lowest BCUT2D eigenvalue weighted by atomic mass is 10.3. The van der Waals surface area contributed by atoms with Gasteiger partial charge >= 0.3 is 6.03 Å². The van der Waals surface area contributed by atoms with E-state index >= 15 is 0 Å². The van der Waals surface area contributed by atoms with Gasteiger partial charge in [0.1, 0.15) is 0 Å². The predicted octanol–water partition coefficient (Wildman–Crippen LogP) is 1.19. The number of urea groups is 1. The predicted molar refractivity (Wildman–Crippen MR) is 69.2 cm³/mol. The van der Waals surface area contributed by atoms with Crippen LogP contribution in [0.1, 0.15) is 20.3 Å². The van der Waals surface area contributed by atoms with Crippen molar-refractivity contribution in [2.75, 3.05) is 5.75 Å². The van der Waals surface area contributed by atoms with E-state index in [4.69, 9.17) is 0 Å². The molecule has 98 valence electrons. The second kappa shape index (κ2) is 7.65. The van der Waals surface area contributed by atoms with Gasteiger partial charge in [-0.2, -0.15) is 0 Å². The Kier molecular flexibility index (Phi) is 6.13. The van der Waals surface area contributed by atoms with E-state index < -0.39 is 6.03 Å². The Morgan fingerprint density at radius 2 is 2.06 bits per heavy atom. The molecule has 1 atom stereocenters. The van der Waals surface area contributed by atoms with Gasteiger partial charge in [0, 0.05) is 18.4 Å². The van der Waals surface area contributed by atoms with Crippen molar-refractivity contribution in [3.05, 3.63) is 18.5 Å². The van der Waals surface area contributed by atoms with Gasteiger partial charge in [-0.1, -0.05) is 18.7 Å². The SMILES string of the molecule is CC[C@H](C)NC(=O)NC(=O)CSc1ncccn1. The Labute approximate surface area is 110 Å². The van der Waals surface area contributed by atoms with Gasteiger partial charge in [-0.3, -0.25) is 10.1 Å². The molecule has 0 aliphatic carbocycles. The Hall–Kier alpha value is -1.63. The van der Waals surface area contributed by atoms with E-state index in [1.54, 1.807) is 18.5 Å². The van der Waals surface area contributed by atoms with Crippen LogP contribution in [0.4, 0.5) is 4.79 Å². The molecule has 0 radical (unpaired) electrons. The van der Waals surface area contributed by atoms with E-state index in [-0.39, 0.29) is 17.7 Å². The molecule has 18 heavy (non-hydrogen) atoms. The molecule has 0 saturated carbocycles. The molecule has 1 rings (SSSR count). The van der Waals surface area contributed by atoms with Crippen molar-refractivity contribution in [3.63, 3.8) is 0 Å². The van der Waals surface area contributed by atoms with Gasteiger partial charge in [-0.05, 0) is 19.4 Å². The Morgan fingerprint density at radius 3 is 2.67 bits per heavy atom. The molecule has 0 aliphatic heterocycles. The van der Waals surface area contributed by atoms with Gasteiger partial charge in [0.25, 0.3) is 0 Å². The minimum Gasteiger partial charge on any atom is -0.335 e. The fourth-order valence-electron chi connectivity index (χ4n) is 1.01. The minimum atomic E-state index is -0.469. The summed E-state index contributed by atoms with van der Waals surface area (Å²) in [6, 6.07) is 1.27. The van der Waals surface area contributed by atoms with Crippen LogP contribution in [0, 0.1) is 0 Å². The third kappa shape index (κ3) is 5.62. The lowest BCUT2D eigenvalue weighted by molar-refractivity contribution is -0.117. The third-order valence-electron chi connectivity index (χ3n) is 2.12. The fourth-order valence-corrected chi connectivity index (χ4v) is 1.62. The molecule has 1 aromatic rings. The second-order valence-corrected chi connectivity index (χ2v) is 4.59. The first-order chi connectivity index (χ1) is 8.61. The van der Waals surface area contributed by atoms with Crippen LogP contribution in [0.5, 0.6) is 0 Å². The van der Waals surface area contributed by atoms with E-state index in [0.29, 0.717) is 5.16 Å². The first kappa shape index (κ1) is 14.4. The van der Waals surface area contributed by atoms with Gasteiger partial charge in [-0.15, -0.1) is 0 Å². The summed E-state index contributed by atoms with van der Waals surface area (Å²) in [5.74, 6) is -0.258. The van der Waals surface area contributed by atoms with Crippen molar-refractivity contribution < 1.29 is 9.59 Å². The van der Waals surface area contributed by atoms with Gasteiger partial charge in [-0.25, -0.2) is 14.8 Å². The highest BCUT2D eigenvalue weighted by Crippen LogP contribution is 2.09. The maximum atomic E-state index is 11.4. The van der Waals surface area contributed by atoms with Crippen LogP contribution in [-0.4, -0.2) is 33.7 Å². The number of aromatic nitrogens is 2. The van der Waals surface area contributed by atoms with Crippen LogP contribution in [0.2, 0.25) is 0 Å². The molecule has 0 spiro atoms. The standard InChI is InChI=1S/C11H16N4O2S/c1-3-8(2)14-10(17)15-9(16)7-18-11-12-5-4-6-13-11/h4-6,8H,3,7H2,1-2H3,(H2,14,15,16,17)/t8-/m0/s1. The number of carbonyl (C=O) groups excluding carboxylic acids is 2. The second-order valence-electron chi connectivity index (χ2n) is 3.65. The number of amides is 3. The summed E-state index contributed by atoms with van der Waals surface area (Å²) in [4.78, 5) is 30.7. The van der Waals surface area contributed by atoms with E-state index in [2.05, 4.69) is 20.6 Å². The summed E-state index contributed by atoms with van der Waals surface area (Å²) in [7, 11) is 0. The molecule has 1 aromatic heterocycles. The maximum Gasteiger partial charge on any atom is 0.321 e. The quantitative estimate of drug-likeness (QED) is 0.619. The monoisotopic (exact) mass is 268 g/mol. The molecule has 3 amide bonds. The van der Waals surface area contributed by atoms with Crippen molar-refractivity contribution in [2.24, 2.45) is 0 Å².